The van der Waals surface area contributed by atoms with Crippen molar-refractivity contribution in [1.82, 2.24) is 20.2 Å². The molecule has 2 aliphatic rings. The Hall–Kier alpha value is -5.52. The van der Waals surface area contributed by atoms with Gasteiger partial charge < -0.3 is 19.9 Å². The van der Waals surface area contributed by atoms with Crippen molar-refractivity contribution in [1.29, 1.82) is 0 Å². The van der Waals surface area contributed by atoms with Crippen molar-refractivity contribution in [3.63, 3.8) is 0 Å². The molecule has 0 spiro atoms. The van der Waals surface area contributed by atoms with E-state index in [0.717, 1.165) is 29.5 Å². The van der Waals surface area contributed by atoms with E-state index in [-0.39, 0.29) is 42.1 Å². The fourth-order valence-electron chi connectivity index (χ4n) is 5.85. The molecule has 3 amide bonds. The zero-order valence-corrected chi connectivity index (χ0v) is 25.7. The maximum atomic E-state index is 14.8. The molecule has 2 aromatic heterocycles. The summed E-state index contributed by atoms with van der Waals surface area (Å²) < 4.78 is 33.2. The number of benzene rings is 2. The Morgan fingerprint density at radius 3 is 2.45 bits per heavy atom. The molecule has 0 saturated heterocycles. The number of anilines is 1. The number of nitrogens with zero attached hydrogens (tertiary/aromatic N) is 4. The van der Waals surface area contributed by atoms with Gasteiger partial charge in [0.05, 0.1) is 16.8 Å². The molecule has 12 heteroatoms. The van der Waals surface area contributed by atoms with E-state index in [1.54, 1.807) is 44.6 Å². The van der Waals surface area contributed by atoms with Crippen LogP contribution in [0.1, 0.15) is 56.4 Å². The molecule has 0 radical (unpaired) electrons. The number of hydrogen-bond acceptors (Lipinski definition) is 7. The monoisotopic (exact) mass is 639 g/mol. The summed E-state index contributed by atoms with van der Waals surface area (Å²) >= 11 is 0. The predicted octanol–water partition coefficient (Wildman–Crippen LogP) is 4.79. The van der Waals surface area contributed by atoms with Crippen molar-refractivity contribution in [2.75, 3.05) is 18.5 Å². The van der Waals surface area contributed by atoms with Crippen LogP contribution in [0.15, 0.2) is 79.3 Å². The zero-order chi connectivity index (χ0) is 33.2. The van der Waals surface area contributed by atoms with Gasteiger partial charge >= 0.3 is 5.97 Å². The molecule has 47 heavy (non-hydrogen) atoms. The fraction of sp³-hybridized carbons (Fsp3) is 0.257. The maximum absolute atomic E-state index is 14.8. The molecular formula is C35H31F2N5O5. The van der Waals surface area contributed by atoms with Crippen molar-refractivity contribution in [2.45, 2.75) is 38.5 Å². The summed E-state index contributed by atoms with van der Waals surface area (Å²) in [4.78, 5) is 62.8. The highest BCUT2D eigenvalue weighted by Gasteiger charge is 2.36. The first kappa shape index (κ1) is 31.5. The molecule has 4 aromatic rings. The van der Waals surface area contributed by atoms with Crippen LogP contribution < -0.4 is 10.2 Å². The third-order valence-corrected chi connectivity index (χ3v) is 8.57. The van der Waals surface area contributed by atoms with Gasteiger partial charge in [-0.15, -0.1) is 0 Å². The van der Waals surface area contributed by atoms with Crippen LogP contribution in [0.4, 0.5) is 14.5 Å². The number of likely N-dealkylation sites (N-methyl/N-ethyl adjacent to an activating group) is 1. The van der Waals surface area contributed by atoms with Crippen molar-refractivity contribution >= 4 is 29.4 Å². The number of rotatable bonds is 8. The van der Waals surface area contributed by atoms with Gasteiger partial charge in [0.15, 0.2) is 0 Å². The van der Waals surface area contributed by atoms with Gasteiger partial charge in [0.2, 0.25) is 11.9 Å². The second-order valence-corrected chi connectivity index (χ2v) is 11.8. The van der Waals surface area contributed by atoms with Crippen LogP contribution in [0, 0.1) is 17.7 Å². The average Bonchev–Trinajstić information content (AvgIpc) is 3.12. The quantitative estimate of drug-likeness (QED) is 0.217. The molecule has 1 saturated carbocycles. The van der Waals surface area contributed by atoms with Gasteiger partial charge in [-0.25, -0.2) is 14.2 Å². The zero-order valence-electron chi connectivity index (χ0n) is 25.7. The number of pyridine rings is 2. The van der Waals surface area contributed by atoms with E-state index in [2.05, 4.69) is 15.3 Å². The number of fused-ring (bicyclic) bond motifs is 1. The molecule has 2 aromatic carbocycles. The van der Waals surface area contributed by atoms with E-state index >= 15 is 0 Å². The van der Waals surface area contributed by atoms with Crippen molar-refractivity contribution in [2.24, 2.45) is 5.92 Å². The van der Waals surface area contributed by atoms with Gasteiger partial charge in [0.1, 0.15) is 18.0 Å². The van der Waals surface area contributed by atoms with Gasteiger partial charge in [-0.3, -0.25) is 19.4 Å². The first-order chi connectivity index (χ1) is 22.6. The Labute approximate surface area is 269 Å². The van der Waals surface area contributed by atoms with E-state index in [4.69, 9.17) is 4.74 Å². The Morgan fingerprint density at radius 1 is 0.957 bits per heavy atom. The Balaban J connectivity index is 1.10. The molecule has 1 aliphatic heterocycles. The number of nitrogens with one attached hydrogen (secondary N) is 1. The fourth-order valence-corrected chi connectivity index (χ4v) is 5.85. The predicted molar refractivity (Wildman–Crippen MR) is 167 cm³/mol. The number of hydrogen-bond donors (Lipinski definition) is 1. The van der Waals surface area contributed by atoms with Crippen LogP contribution in [-0.2, 0) is 16.1 Å². The lowest BCUT2D eigenvalue weighted by Crippen LogP contribution is -2.45. The van der Waals surface area contributed by atoms with Crippen LogP contribution in [0.25, 0.3) is 11.1 Å². The van der Waals surface area contributed by atoms with Gasteiger partial charge in [-0.1, -0.05) is 6.07 Å². The maximum Gasteiger partial charge on any atom is 0.339 e. The minimum absolute atomic E-state index is 0.0498. The summed E-state index contributed by atoms with van der Waals surface area (Å²) in [7, 11) is 1.62. The summed E-state index contributed by atoms with van der Waals surface area (Å²) in [5.41, 5.74) is 3.08. The van der Waals surface area contributed by atoms with Gasteiger partial charge in [0.25, 0.3) is 11.8 Å². The molecule has 1 aliphatic carbocycles. The summed E-state index contributed by atoms with van der Waals surface area (Å²) in [5, 5.41) is 2.80. The van der Waals surface area contributed by atoms with Gasteiger partial charge in [-0.05, 0) is 97.0 Å². The molecule has 10 nitrogen and oxygen atoms in total. The van der Waals surface area contributed by atoms with E-state index in [9.17, 15) is 28.0 Å². The van der Waals surface area contributed by atoms with Crippen LogP contribution >= 0.6 is 0 Å². The lowest BCUT2D eigenvalue weighted by Gasteiger charge is -2.34. The second kappa shape index (κ2) is 13.1. The number of ether oxygens (including phenoxy) is 1. The highest BCUT2D eigenvalue weighted by molar-refractivity contribution is 6.11. The van der Waals surface area contributed by atoms with Crippen LogP contribution in [0.3, 0.4) is 0 Å². The van der Waals surface area contributed by atoms with E-state index in [1.165, 1.54) is 28.0 Å². The minimum atomic E-state index is -0.857. The smallest absolute Gasteiger partial charge is 0.339 e. The van der Waals surface area contributed by atoms with Crippen LogP contribution in [0.5, 0.6) is 0 Å². The normalized spacial score (nSPS) is 19.0. The molecule has 0 bridgehead atoms. The van der Waals surface area contributed by atoms with Gasteiger partial charge in [0, 0.05) is 44.3 Å². The van der Waals surface area contributed by atoms with Crippen molar-refractivity contribution < 1.29 is 32.7 Å². The summed E-state index contributed by atoms with van der Waals surface area (Å²) in [6.07, 6.45) is 5.15. The summed E-state index contributed by atoms with van der Waals surface area (Å²) in [5.74, 6) is -3.09. The third-order valence-electron chi connectivity index (χ3n) is 8.57. The molecule has 3 heterocycles. The number of carbonyl (C=O) groups is 4. The number of aromatic nitrogens is 2. The molecular weight excluding hydrogens is 608 g/mol. The Kier molecular flexibility index (Phi) is 8.75. The number of halogens is 2. The van der Waals surface area contributed by atoms with Crippen molar-refractivity contribution in [3.05, 3.63) is 113 Å². The lowest BCUT2D eigenvalue weighted by atomic mass is 9.82. The number of esters is 1. The molecule has 1 N–H and O–H groups in total. The lowest BCUT2D eigenvalue weighted by molar-refractivity contribution is -0.122. The largest absolute Gasteiger partial charge is 0.459 e. The first-order valence-corrected chi connectivity index (χ1v) is 15.1. The SMILES string of the molecule is C[C@@H]1C(=O)N(C)c2cc(-c3ccncc3)ccc2C(=O)N1Cc1cc(F)cc(C(=O)NCC2CC(OC(=O)c3ccc(F)nc3)C2)c1. The average molecular weight is 640 g/mol. The van der Waals surface area contributed by atoms with Gasteiger partial charge in [-0.2, -0.15) is 4.39 Å². The molecule has 1 fully saturated rings. The molecule has 6 rings (SSSR count). The Bertz CT molecular complexity index is 1850. The summed E-state index contributed by atoms with van der Waals surface area (Å²) in [6, 6.07) is 14.3. The third kappa shape index (κ3) is 6.71. The van der Waals surface area contributed by atoms with Crippen LogP contribution in [0.2, 0.25) is 0 Å². The molecule has 0 unspecified atom stereocenters. The highest BCUT2D eigenvalue weighted by Crippen LogP contribution is 2.33. The number of amides is 3. The standard InChI is InChI=1S/C35H31F2N5O5/c1-20-33(44)41(2)30-16-24(23-7-9-38-10-8-23)3-5-29(30)34(45)42(20)19-22-11-26(15-27(36)12-22)32(43)40-17-21-13-28(14-21)47-35(46)25-4-6-31(37)39-18-25/h3-12,15-16,18,20-21,28H,13-14,17,19H2,1-2H3,(H,40,43)/t20-,21?,28?/m1/s1. The second-order valence-electron chi connectivity index (χ2n) is 11.8. The minimum Gasteiger partial charge on any atom is -0.459 e. The first-order valence-electron chi connectivity index (χ1n) is 15.1. The number of carbonyl (C=O) groups excluding carboxylic acids is 4. The molecule has 1 atom stereocenters. The van der Waals surface area contributed by atoms with E-state index in [0.29, 0.717) is 29.7 Å². The van der Waals surface area contributed by atoms with Crippen molar-refractivity contribution in [3.8, 4) is 11.1 Å². The Morgan fingerprint density at radius 2 is 1.72 bits per heavy atom. The van der Waals surface area contributed by atoms with E-state index < -0.39 is 35.6 Å². The van der Waals surface area contributed by atoms with Crippen LogP contribution in [-0.4, -0.2) is 64.3 Å². The summed E-state index contributed by atoms with van der Waals surface area (Å²) in [6.45, 7) is 1.82. The van der Waals surface area contributed by atoms with E-state index in [1.807, 2.05) is 12.1 Å². The highest BCUT2D eigenvalue weighted by atomic mass is 19.1. The molecule has 240 valence electrons. The topological polar surface area (TPSA) is 122 Å².